The van der Waals surface area contributed by atoms with Gasteiger partial charge >= 0.3 is 0 Å². The summed E-state index contributed by atoms with van der Waals surface area (Å²) in [4.78, 5) is 15.4. The number of nitrogens with one attached hydrogen (secondary N) is 2. The molecular weight excluding hydrogens is 296 g/mol. The molecule has 2 N–H and O–H groups in total. The molecule has 0 unspecified atom stereocenters. The Bertz CT molecular complexity index is 805. The first kappa shape index (κ1) is 16.3. The summed E-state index contributed by atoms with van der Waals surface area (Å²) >= 11 is 0. The maximum Gasteiger partial charge on any atom is 0.267 e. The van der Waals surface area contributed by atoms with Gasteiger partial charge in [-0.15, -0.1) is 0 Å². The lowest BCUT2D eigenvalue weighted by Crippen LogP contribution is -2.25. The molecule has 0 bridgehead atoms. The predicted molar refractivity (Wildman–Crippen MR) is 99.5 cm³/mol. The summed E-state index contributed by atoms with van der Waals surface area (Å²) < 4.78 is 0. The van der Waals surface area contributed by atoms with Crippen LogP contribution in [0.25, 0.3) is 10.9 Å². The summed E-state index contributed by atoms with van der Waals surface area (Å²) in [5.41, 5.74) is 4.33. The maximum atomic E-state index is 12.2. The zero-order valence-electron chi connectivity index (χ0n) is 14.5. The van der Waals surface area contributed by atoms with E-state index in [4.69, 9.17) is 0 Å². The Kier molecular flexibility index (Phi) is 4.43. The number of hydrogen-bond acceptors (Lipinski definition) is 1. The molecule has 24 heavy (non-hydrogen) atoms. The largest absolute Gasteiger partial charge is 0.351 e. The lowest BCUT2D eigenvalue weighted by molar-refractivity contribution is 0.0950. The number of aromatic nitrogens is 1. The molecule has 1 amide bonds. The van der Waals surface area contributed by atoms with Crippen molar-refractivity contribution in [1.82, 2.24) is 10.3 Å². The molecule has 0 fully saturated rings. The highest BCUT2D eigenvalue weighted by molar-refractivity contribution is 5.97. The fourth-order valence-corrected chi connectivity index (χ4v) is 2.78. The van der Waals surface area contributed by atoms with Gasteiger partial charge in [-0.3, -0.25) is 4.79 Å². The minimum Gasteiger partial charge on any atom is -0.351 e. The molecule has 0 saturated carbocycles. The van der Waals surface area contributed by atoms with Crippen molar-refractivity contribution >= 4 is 16.8 Å². The summed E-state index contributed by atoms with van der Waals surface area (Å²) in [5, 5.41) is 4.04. The molecular formula is C21H24N2O. The van der Waals surface area contributed by atoms with Crippen LogP contribution in [0, 0.1) is 0 Å². The van der Waals surface area contributed by atoms with Gasteiger partial charge in [0.1, 0.15) is 5.69 Å². The number of benzene rings is 2. The average Bonchev–Trinajstić information content (AvgIpc) is 2.98. The lowest BCUT2D eigenvalue weighted by atomic mass is 9.86. The first-order valence-electron chi connectivity index (χ1n) is 8.39. The molecule has 2 aromatic carbocycles. The number of rotatable bonds is 4. The van der Waals surface area contributed by atoms with E-state index in [2.05, 4.69) is 55.3 Å². The SMILES string of the molecule is CC(C)(C)c1ccc(CCNC(=O)c2cc3ccccc3[nH]2)cc1. The molecule has 0 aliphatic rings. The third-order valence-corrected chi connectivity index (χ3v) is 4.29. The van der Waals surface area contributed by atoms with Gasteiger partial charge in [0.2, 0.25) is 0 Å². The third kappa shape index (κ3) is 3.67. The number of carbonyl (C=O) groups excluding carboxylic acids is 1. The van der Waals surface area contributed by atoms with Crippen molar-refractivity contribution in [1.29, 1.82) is 0 Å². The summed E-state index contributed by atoms with van der Waals surface area (Å²) in [7, 11) is 0. The van der Waals surface area contributed by atoms with Gasteiger partial charge in [0.05, 0.1) is 0 Å². The van der Waals surface area contributed by atoms with Crippen molar-refractivity contribution in [3.05, 3.63) is 71.4 Å². The van der Waals surface area contributed by atoms with Crippen molar-refractivity contribution < 1.29 is 4.79 Å². The predicted octanol–water partition coefficient (Wildman–Crippen LogP) is 4.44. The zero-order chi connectivity index (χ0) is 17.2. The molecule has 3 nitrogen and oxygen atoms in total. The van der Waals surface area contributed by atoms with E-state index in [1.54, 1.807) is 0 Å². The smallest absolute Gasteiger partial charge is 0.267 e. The van der Waals surface area contributed by atoms with Crippen LogP contribution < -0.4 is 5.32 Å². The van der Waals surface area contributed by atoms with Gasteiger partial charge in [0.25, 0.3) is 5.91 Å². The second kappa shape index (κ2) is 6.52. The van der Waals surface area contributed by atoms with E-state index < -0.39 is 0 Å². The van der Waals surface area contributed by atoms with Gasteiger partial charge in [0.15, 0.2) is 0 Å². The summed E-state index contributed by atoms with van der Waals surface area (Å²) in [6, 6.07) is 18.4. The van der Waals surface area contributed by atoms with Crippen LogP contribution in [0.2, 0.25) is 0 Å². The van der Waals surface area contributed by atoms with Crippen LogP contribution in [0.4, 0.5) is 0 Å². The molecule has 3 aromatic rings. The Hall–Kier alpha value is -2.55. The van der Waals surface area contributed by atoms with Crippen LogP contribution in [0.1, 0.15) is 42.4 Å². The van der Waals surface area contributed by atoms with Crippen LogP contribution in [0.5, 0.6) is 0 Å². The van der Waals surface area contributed by atoms with Crippen LogP contribution in [-0.2, 0) is 11.8 Å². The van der Waals surface area contributed by atoms with E-state index in [9.17, 15) is 4.79 Å². The second-order valence-corrected chi connectivity index (χ2v) is 7.22. The topological polar surface area (TPSA) is 44.9 Å². The minimum absolute atomic E-state index is 0.0579. The van der Waals surface area contributed by atoms with Gasteiger partial charge in [-0.1, -0.05) is 63.2 Å². The van der Waals surface area contributed by atoms with E-state index >= 15 is 0 Å². The van der Waals surface area contributed by atoms with Crippen LogP contribution >= 0.6 is 0 Å². The summed E-state index contributed by atoms with van der Waals surface area (Å²) in [6.45, 7) is 7.26. The van der Waals surface area contributed by atoms with Crippen molar-refractivity contribution in [2.75, 3.05) is 6.54 Å². The fourth-order valence-electron chi connectivity index (χ4n) is 2.78. The third-order valence-electron chi connectivity index (χ3n) is 4.29. The molecule has 1 heterocycles. The standard InChI is InChI=1S/C21H24N2O/c1-21(2,3)17-10-8-15(9-11-17)12-13-22-20(24)19-14-16-6-4-5-7-18(16)23-19/h4-11,14,23H,12-13H2,1-3H3,(H,22,24). The number of carbonyl (C=O) groups is 1. The molecule has 0 spiro atoms. The first-order chi connectivity index (χ1) is 11.4. The molecule has 3 rings (SSSR count). The number of aromatic amines is 1. The monoisotopic (exact) mass is 320 g/mol. The molecule has 0 aliphatic carbocycles. The Morgan fingerprint density at radius 3 is 2.42 bits per heavy atom. The fraction of sp³-hybridized carbons (Fsp3) is 0.286. The van der Waals surface area contributed by atoms with E-state index in [0.717, 1.165) is 17.3 Å². The Morgan fingerprint density at radius 1 is 1.04 bits per heavy atom. The van der Waals surface area contributed by atoms with Crippen LogP contribution in [0.3, 0.4) is 0 Å². The van der Waals surface area contributed by atoms with Gasteiger partial charge in [-0.25, -0.2) is 0 Å². The first-order valence-corrected chi connectivity index (χ1v) is 8.39. The molecule has 0 saturated heterocycles. The van der Waals surface area contributed by atoms with Gasteiger partial charge in [0, 0.05) is 17.4 Å². The quantitative estimate of drug-likeness (QED) is 0.733. The highest BCUT2D eigenvalue weighted by Crippen LogP contribution is 2.22. The molecule has 0 atom stereocenters. The van der Waals surface area contributed by atoms with Gasteiger partial charge < -0.3 is 10.3 Å². The second-order valence-electron chi connectivity index (χ2n) is 7.22. The minimum atomic E-state index is -0.0579. The zero-order valence-corrected chi connectivity index (χ0v) is 14.5. The van der Waals surface area contributed by atoms with E-state index in [-0.39, 0.29) is 11.3 Å². The number of para-hydroxylation sites is 1. The molecule has 124 valence electrons. The molecule has 3 heteroatoms. The van der Waals surface area contributed by atoms with Crippen LogP contribution in [-0.4, -0.2) is 17.4 Å². The molecule has 1 aromatic heterocycles. The van der Waals surface area contributed by atoms with Crippen molar-refractivity contribution in [3.63, 3.8) is 0 Å². The number of H-pyrrole nitrogens is 1. The highest BCUT2D eigenvalue weighted by Gasteiger charge is 2.13. The van der Waals surface area contributed by atoms with Crippen molar-refractivity contribution in [3.8, 4) is 0 Å². The van der Waals surface area contributed by atoms with Crippen LogP contribution in [0.15, 0.2) is 54.6 Å². The highest BCUT2D eigenvalue weighted by atomic mass is 16.1. The Balaban J connectivity index is 1.57. The summed E-state index contributed by atoms with van der Waals surface area (Å²) in [5.74, 6) is -0.0579. The van der Waals surface area contributed by atoms with Crippen molar-refractivity contribution in [2.24, 2.45) is 0 Å². The van der Waals surface area contributed by atoms with E-state index in [0.29, 0.717) is 12.2 Å². The van der Waals surface area contributed by atoms with E-state index in [1.807, 2.05) is 30.3 Å². The molecule has 0 aliphatic heterocycles. The number of hydrogen-bond donors (Lipinski definition) is 2. The maximum absolute atomic E-state index is 12.2. The van der Waals surface area contributed by atoms with Crippen molar-refractivity contribution in [2.45, 2.75) is 32.6 Å². The normalized spacial score (nSPS) is 11.6. The van der Waals surface area contributed by atoms with Gasteiger partial charge in [-0.05, 0) is 35.1 Å². The Labute approximate surface area is 143 Å². The molecule has 0 radical (unpaired) electrons. The van der Waals surface area contributed by atoms with Gasteiger partial charge in [-0.2, -0.15) is 0 Å². The lowest BCUT2D eigenvalue weighted by Gasteiger charge is -2.19. The average molecular weight is 320 g/mol. The Morgan fingerprint density at radius 2 is 1.75 bits per heavy atom. The summed E-state index contributed by atoms with van der Waals surface area (Å²) in [6.07, 6.45) is 0.830. The number of fused-ring (bicyclic) bond motifs is 1. The number of amides is 1. The van der Waals surface area contributed by atoms with E-state index in [1.165, 1.54) is 11.1 Å².